The highest BCUT2D eigenvalue weighted by Crippen LogP contribution is 2.26. The lowest BCUT2D eigenvalue weighted by Gasteiger charge is -2.31. The summed E-state index contributed by atoms with van der Waals surface area (Å²) in [6, 6.07) is -0.854. The van der Waals surface area contributed by atoms with Crippen molar-refractivity contribution in [3.63, 3.8) is 0 Å². The summed E-state index contributed by atoms with van der Waals surface area (Å²) in [7, 11) is 0. The Balaban J connectivity index is 2.75. The third-order valence-electron chi connectivity index (χ3n) is 3.31. The first-order chi connectivity index (χ1) is 7.67. The molecule has 17 heavy (non-hydrogen) atoms. The van der Waals surface area contributed by atoms with Gasteiger partial charge in [0.25, 0.3) is 0 Å². The molecular weight excluding hydrogens is 220 g/mol. The number of nitrogens with one attached hydrogen (secondary N) is 2. The van der Waals surface area contributed by atoms with E-state index in [1.807, 2.05) is 6.92 Å². The van der Waals surface area contributed by atoms with Crippen molar-refractivity contribution in [1.82, 2.24) is 10.6 Å². The van der Waals surface area contributed by atoms with Crippen LogP contribution in [0.3, 0.4) is 0 Å². The average Bonchev–Trinajstić information content (AvgIpc) is 2.60. The second-order valence-electron chi connectivity index (χ2n) is 6.10. The molecule has 1 rings (SSSR count). The highest BCUT2D eigenvalue weighted by atomic mass is 16.4. The second-order valence-corrected chi connectivity index (χ2v) is 6.10. The van der Waals surface area contributed by atoms with Crippen LogP contribution in [-0.2, 0) is 9.59 Å². The van der Waals surface area contributed by atoms with Gasteiger partial charge in [-0.25, -0.2) is 4.79 Å². The average molecular weight is 242 g/mol. The summed E-state index contributed by atoms with van der Waals surface area (Å²) >= 11 is 0. The van der Waals surface area contributed by atoms with Crippen LogP contribution in [0.1, 0.15) is 34.1 Å². The van der Waals surface area contributed by atoms with Gasteiger partial charge in [0.15, 0.2) is 0 Å². The number of carboxylic acid groups (broad SMARTS) is 1. The van der Waals surface area contributed by atoms with Crippen LogP contribution < -0.4 is 10.6 Å². The van der Waals surface area contributed by atoms with Gasteiger partial charge < -0.3 is 15.7 Å². The molecule has 0 saturated carbocycles. The molecule has 5 heteroatoms. The number of carboxylic acids is 1. The van der Waals surface area contributed by atoms with Crippen LogP contribution in [0, 0.1) is 10.8 Å². The van der Waals surface area contributed by atoms with Gasteiger partial charge in [-0.05, 0) is 25.3 Å². The third-order valence-corrected chi connectivity index (χ3v) is 3.31. The maximum Gasteiger partial charge on any atom is 0.326 e. The monoisotopic (exact) mass is 242 g/mol. The van der Waals surface area contributed by atoms with E-state index in [0.29, 0.717) is 6.54 Å². The maximum absolute atomic E-state index is 12.1. The number of carbonyl (C=O) groups excluding carboxylic acids is 1. The first-order valence-electron chi connectivity index (χ1n) is 5.91. The number of amides is 1. The summed E-state index contributed by atoms with van der Waals surface area (Å²) in [4.78, 5) is 23.3. The molecule has 1 unspecified atom stereocenters. The smallest absolute Gasteiger partial charge is 0.326 e. The Hall–Kier alpha value is -1.10. The molecule has 1 aliphatic rings. The van der Waals surface area contributed by atoms with Crippen molar-refractivity contribution >= 4 is 11.9 Å². The lowest BCUT2D eigenvalue weighted by Crippen LogP contribution is -2.53. The fourth-order valence-electron chi connectivity index (χ4n) is 1.96. The molecule has 1 fully saturated rings. The number of hydrogen-bond acceptors (Lipinski definition) is 3. The van der Waals surface area contributed by atoms with E-state index >= 15 is 0 Å². The standard InChI is InChI=1S/C12H22N2O3/c1-11(2,3)8(9(15)16)14-10(17)12(4)5-6-13-7-12/h8,13H,5-7H2,1-4H3,(H,14,17)(H,15,16)/t8-,12?/m1/s1. The lowest BCUT2D eigenvalue weighted by atomic mass is 9.84. The molecule has 0 aromatic rings. The zero-order valence-corrected chi connectivity index (χ0v) is 11.0. The van der Waals surface area contributed by atoms with Gasteiger partial charge in [-0.15, -0.1) is 0 Å². The van der Waals surface area contributed by atoms with Gasteiger partial charge in [-0.1, -0.05) is 20.8 Å². The predicted molar refractivity (Wildman–Crippen MR) is 64.6 cm³/mol. The van der Waals surface area contributed by atoms with Crippen LogP contribution in [0.5, 0.6) is 0 Å². The molecule has 0 bridgehead atoms. The summed E-state index contributed by atoms with van der Waals surface area (Å²) < 4.78 is 0. The van der Waals surface area contributed by atoms with E-state index in [4.69, 9.17) is 5.11 Å². The van der Waals surface area contributed by atoms with Crippen LogP contribution in [0.15, 0.2) is 0 Å². The van der Waals surface area contributed by atoms with E-state index in [-0.39, 0.29) is 5.91 Å². The molecular formula is C12H22N2O3. The molecule has 0 aliphatic carbocycles. The van der Waals surface area contributed by atoms with Gasteiger partial charge in [0, 0.05) is 6.54 Å². The van der Waals surface area contributed by atoms with Crippen molar-refractivity contribution in [2.75, 3.05) is 13.1 Å². The number of aliphatic carboxylic acids is 1. The molecule has 98 valence electrons. The third kappa shape index (κ3) is 3.19. The van der Waals surface area contributed by atoms with E-state index in [1.165, 1.54) is 0 Å². The number of rotatable bonds is 3. The quantitative estimate of drug-likeness (QED) is 0.677. The second kappa shape index (κ2) is 4.64. The molecule has 5 nitrogen and oxygen atoms in total. The Morgan fingerprint density at radius 2 is 2.00 bits per heavy atom. The largest absolute Gasteiger partial charge is 0.480 e. The molecule has 2 atom stereocenters. The van der Waals surface area contributed by atoms with E-state index in [1.54, 1.807) is 20.8 Å². The van der Waals surface area contributed by atoms with Crippen molar-refractivity contribution < 1.29 is 14.7 Å². The fourth-order valence-corrected chi connectivity index (χ4v) is 1.96. The Morgan fingerprint density at radius 3 is 2.35 bits per heavy atom. The molecule has 0 aromatic heterocycles. The van der Waals surface area contributed by atoms with Crippen LogP contribution in [0.25, 0.3) is 0 Å². The van der Waals surface area contributed by atoms with Gasteiger partial charge in [0.1, 0.15) is 6.04 Å². The van der Waals surface area contributed by atoms with E-state index < -0.39 is 22.8 Å². The minimum Gasteiger partial charge on any atom is -0.480 e. The summed E-state index contributed by atoms with van der Waals surface area (Å²) in [6.45, 7) is 8.69. The number of hydrogen-bond donors (Lipinski definition) is 3. The van der Waals surface area contributed by atoms with Gasteiger partial charge in [0.2, 0.25) is 5.91 Å². The molecule has 3 N–H and O–H groups in total. The van der Waals surface area contributed by atoms with Crippen LogP contribution in [0.4, 0.5) is 0 Å². The van der Waals surface area contributed by atoms with Gasteiger partial charge >= 0.3 is 5.97 Å². The molecule has 1 amide bonds. The predicted octanol–water partition coefficient (Wildman–Crippen LogP) is 0.601. The Kier molecular flexibility index (Phi) is 3.81. The topological polar surface area (TPSA) is 78.4 Å². The van der Waals surface area contributed by atoms with Gasteiger partial charge in [-0.3, -0.25) is 4.79 Å². The maximum atomic E-state index is 12.1. The SMILES string of the molecule is CC1(C(=O)N[C@H](C(=O)O)C(C)(C)C)CCNC1. The van der Waals surface area contributed by atoms with Crippen molar-refractivity contribution in [2.24, 2.45) is 10.8 Å². The molecule has 0 spiro atoms. The molecule has 1 saturated heterocycles. The van der Waals surface area contributed by atoms with Gasteiger partial charge in [-0.2, -0.15) is 0 Å². The van der Waals surface area contributed by atoms with Crippen LogP contribution >= 0.6 is 0 Å². The Morgan fingerprint density at radius 1 is 1.41 bits per heavy atom. The lowest BCUT2D eigenvalue weighted by molar-refractivity contribution is -0.146. The van der Waals surface area contributed by atoms with Crippen molar-refractivity contribution in [1.29, 1.82) is 0 Å². The van der Waals surface area contributed by atoms with Crippen molar-refractivity contribution in [2.45, 2.75) is 40.2 Å². The van der Waals surface area contributed by atoms with E-state index in [2.05, 4.69) is 10.6 Å². The Bertz CT molecular complexity index is 314. The normalized spacial score (nSPS) is 26.6. The van der Waals surface area contributed by atoms with Crippen molar-refractivity contribution in [3.8, 4) is 0 Å². The summed E-state index contributed by atoms with van der Waals surface area (Å²) in [5.41, 5.74) is -0.983. The zero-order chi connectivity index (χ0) is 13.3. The highest BCUT2D eigenvalue weighted by molar-refractivity contribution is 5.88. The minimum absolute atomic E-state index is 0.176. The fraction of sp³-hybridized carbons (Fsp3) is 0.833. The molecule has 1 aliphatic heterocycles. The molecule has 0 radical (unpaired) electrons. The molecule has 0 aromatic carbocycles. The van der Waals surface area contributed by atoms with E-state index in [9.17, 15) is 9.59 Å². The van der Waals surface area contributed by atoms with E-state index in [0.717, 1.165) is 13.0 Å². The first-order valence-corrected chi connectivity index (χ1v) is 5.91. The minimum atomic E-state index is -0.986. The first kappa shape index (κ1) is 14.0. The van der Waals surface area contributed by atoms with Gasteiger partial charge in [0.05, 0.1) is 5.41 Å². The van der Waals surface area contributed by atoms with Crippen LogP contribution in [0.2, 0.25) is 0 Å². The summed E-state index contributed by atoms with van der Waals surface area (Å²) in [6.07, 6.45) is 0.745. The molecule has 1 heterocycles. The highest BCUT2D eigenvalue weighted by Gasteiger charge is 2.40. The number of carbonyl (C=O) groups is 2. The summed E-state index contributed by atoms with van der Waals surface area (Å²) in [5.74, 6) is -1.16. The summed E-state index contributed by atoms with van der Waals surface area (Å²) in [5, 5.41) is 14.9. The van der Waals surface area contributed by atoms with Crippen molar-refractivity contribution in [3.05, 3.63) is 0 Å². The zero-order valence-electron chi connectivity index (χ0n) is 11.0. The Labute approximate surface area is 102 Å². The van der Waals surface area contributed by atoms with Crippen LogP contribution in [-0.4, -0.2) is 36.1 Å².